The molecular weight excluding hydrogens is 457 g/mol. The number of benzene rings is 2. The summed E-state index contributed by atoms with van der Waals surface area (Å²) in [4.78, 5) is 16.2. The van der Waals surface area contributed by atoms with Crippen LogP contribution in [0.2, 0.25) is 15.1 Å². The number of aliphatic hydroxyl groups excluding tert-OH is 1. The zero-order valence-electron chi connectivity index (χ0n) is 14.3. The van der Waals surface area contributed by atoms with Crippen molar-refractivity contribution in [3.63, 3.8) is 0 Å². The summed E-state index contributed by atoms with van der Waals surface area (Å²) in [7, 11) is 0. The minimum absolute atomic E-state index is 0.162. The second-order valence-electron chi connectivity index (χ2n) is 5.86. The highest BCUT2D eigenvalue weighted by atomic mass is 35.5. The summed E-state index contributed by atoms with van der Waals surface area (Å²) in [6, 6.07) is 10.3. The Balaban J connectivity index is 1.83. The van der Waals surface area contributed by atoms with Crippen LogP contribution in [-0.2, 0) is 0 Å². The Bertz CT molecular complexity index is 1230. The molecule has 0 bridgehead atoms. The monoisotopic (exact) mass is 465 g/mol. The zero-order valence-corrected chi connectivity index (χ0v) is 17.4. The highest BCUT2D eigenvalue weighted by molar-refractivity contribution is 7.99. The summed E-state index contributed by atoms with van der Waals surface area (Å²) in [6.07, 6.45) is 1.03. The predicted molar refractivity (Wildman–Crippen MR) is 113 cm³/mol. The summed E-state index contributed by atoms with van der Waals surface area (Å²) in [5.41, 5.74) is 1.13. The van der Waals surface area contributed by atoms with Gasteiger partial charge in [0.25, 0.3) is 0 Å². The molecule has 29 heavy (non-hydrogen) atoms. The number of aromatic amines is 2. The molecule has 2 aromatic heterocycles. The van der Waals surface area contributed by atoms with Crippen LogP contribution in [0.3, 0.4) is 0 Å². The number of carbonyl (C=O) groups is 1. The number of nitrogens with one attached hydrogen (secondary N) is 2. The Morgan fingerprint density at radius 3 is 2.52 bits per heavy atom. The first-order valence-corrected chi connectivity index (χ1v) is 10.00. The SMILES string of the molecule is O=C(/C=C(/O)c1c(Sc2cc(Cl)cc(Cl)c2)[nH]c2ccc(Cl)cc12)c1nn[nH]n1. The van der Waals surface area contributed by atoms with E-state index in [4.69, 9.17) is 34.8 Å². The van der Waals surface area contributed by atoms with Crippen molar-refractivity contribution in [3.8, 4) is 0 Å². The third kappa shape index (κ3) is 4.25. The third-order valence-corrected chi connectivity index (χ3v) is 5.53. The molecule has 0 atom stereocenters. The molecule has 2 heterocycles. The summed E-state index contributed by atoms with van der Waals surface area (Å²) < 4.78 is 0. The number of nitrogens with zero attached hydrogens (tertiary/aromatic N) is 3. The van der Waals surface area contributed by atoms with E-state index in [1.807, 2.05) is 0 Å². The van der Waals surface area contributed by atoms with Gasteiger partial charge in [0.1, 0.15) is 5.76 Å². The van der Waals surface area contributed by atoms with E-state index in [1.165, 1.54) is 11.8 Å². The minimum Gasteiger partial charge on any atom is -0.507 e. The molecule has 0 unspecified atom stereocenters. The van der Waals surface area contributed by atoms with E-state index in [1.54, 1.807) is 36.4 Å². The van der Waals surface area contributed by atoms with Crippen LogP contribution in [0.5, 0.6) is 0 Å². The number of fused-ring (bicyclic) bond motifs is 1. The smallest absolute Gasteiger partial charge is 0.244 e. The number of tetrazole rings is 1. The van der Waals surface area contributed by atoms with Gasteiger partial charge in [-0.15, -0.1) is 10.2 Å². The molecule has 3 N–H and O–H groups in total. The fraction of sp³-hybridized carbons (Fsp3) is 0. The molecule has 4 rings (SSSR count). The topological polar surface area (TPSA) is 108 Å². The molecule has 0 radical (unpaired) electrons. The normalized spacial score (nSPS) is 11.9. The number of hydrogen-bond acceptors (Lipinski definition) is 6. The van der Waals surface area contributed by atoms with E-state index in [-0.39, 0.29) is 11.6 Å². The van der Waals surface area contributed by atoms with Crippen molar-refractivity contribution in [2.45, 2.75) is 9.92 Å². The average Bonchev–Trinajstić information content (AvgIpc) is 3.28. The molecule has 0 amide bonds. The first-order chi connectivity index (χ1) is 13.9. The van der Waals surface area contributed by atoms with Crippen molar-refractivity contribution in [2.75, 3.05) is 0 Å². The molecule has 0 spiro atoms. The lowest BCUT2D eigenvalue weighted by Crippen LogP contribution is -1.99. The highest BCUT2D eigenvalue weighted by Gasteiger charge is 2.19. The van der Waals surface area contributed by atoms with Crippen molar-refractivity contribution in [1.82, 2.24) is 25.6 Å². The van der Waals surface area contributed by atoms with Crippen LogP contribution in [0.25, 0.3) is 16.7 Å². The first kappa shape index (κ1) is 19.8. The van der Waals surface area contributed by atoms with Crippen LogP contribution in [0, 0.1) is 0 Å². The van der Waals surface area contributed by atoms with Gasteiger partial charge in [0.05, 0.1) is 10.6 Å². The number of rotatable bonds is 5. The molecular formula is C18H10Cl3N5O2S. The van der Waals surface area contributed by atoms with E-state index < -0.39 is 5.78 Å². The Morgan fingerprint density at radius 1 is 1.07 bits per heavy atom. The number of hydrogen-bond donors (Lipinski definition) is 3. The summed E-state index contributed by atoms with van der Waals surface area (Å²) in [5.74, 6) is -1.04. The van der Waals surface area contributed by atoms with Crippen molar-refractivity contribution in [3.05, 3.63) is 68.9 Å². The fourth-order valence-electron chi connectivity index (χ4n) is 2.70. The zero-order chi connectivity index (χ0) is 20.5. The molecule has 146 valence electrons. The van der Waals surface area contributed by atoms with Crippen LogP contribution in [0.1, 0.15) is 16.2 Å². The highest BCUT2D eigenvalue weighted by Crippen LogP contribution is 2.39. The first-order valence-electron chi connectivity index (χ1n) is 8.04. The van der Waals surface area contributed by atoms with Crippen molar-refractivity contribution in [1.29, 1.82) is 0 Å². The maximum Gasteiger partial charge on any atom is 0.244 e. The number of allylic oxidation sites excluding steroid dienone is 1. The molecule has 0 saturated heterocycles. The maximum atomic E-state index is 12.3. The summed E-state index contributed by atoms with van der Waals surface area (Å²) in [5, 5.41) is 26.2. The predicted octanol–water partition coefficient (Wildman–Crippen LogP) is 5.57. The molecule has 2 aromatic carbocycles. The Morgan fingerprint density at radius 2 is 1.83 bits per heavy atom. The van der Waals surface area contributed by atoms with Gasteiger partial charge in [0.2, 0.25) is 11.6 Å². The summed E-state index contributed by atoms with van der Waals surface area (Å²) >= 11 is 19.6. The number of H-pyrrole nitrogens is 2. The quantitative estimate of drug-likeness (QED) is 0.201. The van der Waals surface area contributed by atoms with E-state index >= 15 is 0 Å². The minimum atomic E-state index is -0.602. The van der Waals surface area contributed by atoms with Gasteiger partial charge >= 0.3 is 0 Å². The Hall–Kier alpha value is -2.52. The van der Waals surface area contributed by atoms with Crippen LogP contribution < -0.4 is 0 Å². The molecule has 7 nitrogen and oxygen atoms in total. The van der Waals surface area contributed by atoms with Crippen LogP contribution >= 0.6 is 46.6 Å². The summed E-state index contributed by atoms with van der Waals surface area (Å²) in [6.45, 7) is 0. The van der Waals surface area contributed by atoms with E-state index in [0.29, 0.717) is 31.0 Å². The van der Waals surface area contributed by atoms with Crippen molar-refractivity contribution in [2.24, 2.45) is 0 Å². The number of carbonyl (C=O) groups excluding carboxylic acids is 1. The number of halogens is 3. The number of aromatic nitrogens is 5. The van der Waals surface area contributed by atoms with Gasteiger partial charge in [-0.2, -0.15) is 5.21 Å². The van der Waals surface area contributed by atoms with Crippen molar-refractivity contribution < 1.29 is 9.90 Å². The average molecular weight is 467 g/mol. The lowest BCUT2D eigenvalue weighted by atomic mass is 10.1. The molecule has 0 aliphatic carbocycles. The second kappa shape index (κ2) is 8.08. The Kier molecular flexibility index (Phi) is 5.51. The van der Waals surface area contributed by atoms with Gasteiger partial charge in [-0.1, -0.05) is 46.6 Å². The van der Waals surface area contributed by atoms with Gasteiger partial charge in [0.15, 0.2) is 0 Å². The molecule has 0 fully saturated rings. The fourth-order valence-corrected chi connectivity index (χ4v) is 4.62. The standard InChI is InChI=1S/C18H10Cl3N5O2S/c19-8-1-2-13-12(6-8)16(14(27)7-15(28)17-23-25-26-24-17)18(22-13)29-11-4-9(20)3-10(21)5-11/h1-7,22,27H,(H,23,24,25,26)/b14-7+. The van der Waals surface area contributed by atoms with Gasteiger partial charge in [0, 0.05) is 36.9 Å². The van der Waals surface area contributed by atoms with Gasteiger partial charge < -0.3 is 10.1 Å². The van der Waals surface area contributed by atoms with Gasteiger partial charge in [-0.25, -0.2) is 0 Å². The lowest BCUT2D eigenvalue weighted by molar-refractivity contribution is 0.103. The molecule has 0 aliphatic heterocycles. The van der Waals surface area contributed by atoms with Gasteiger partial charge in [-0.3, -0.25) is 4.79 Å². The van der Waals surface area contributed by atoms with Gasteiger partial charge in [-0.05, 0) is 41.6 Å². The van der Waals surface area contributed by atoms with Crippen LogP contribution in [0.15, 0.2) is 52.4 Å². The largest absolute Gasteiger partial charge is 0.507 e. The van der Waals surface area contributed by atoms with E-state index in [2.05, 4.69) is 25.6 Å². The third-order valence-electron chi connectivity index (χ3n) is 3.87. The van der Waals surface area contributed by atoms with Crippen LogP contribution in [0.4, 0.5) is 0 Å². The maximum absolute atomic E-state index is 12.3. The lowest BCUT2D eigenvalue weighted by Gasteiger charge is -2.05. The number of aliphatic hydroxyl groups is 1. The molecule has 4 aromatic rings. The number of ketones is 1. The van der Waals surface area contributed by atoms with Crippen LogP contribution in [-0.4, -0.2) is 36.5 Å². The second-order valence-corrected chi connectivity index (χ2v) is 8.25. The molecule has 11 heteroatoms. The van der Waals surface area contributed by atoms with E-state index in [0.717, 1.165) is 16.5 Å². The Labute approximate surface area is 183 Å². The van der Waals surface area contributed by atoms with E-state index in [9.17, 15) is 9.90 Å². The molecule has 0 aliphatic rings. The van der Waals surface area contributed by atoms with Crippen molar-refractivity contribution >= 4 is 69.0 Å². The molecule has 0 saturated carbocycles.